The Morgan fingerprint density at radius 1 is 1.25 bits per heavy atom. The number of hydrogen-bond donors (Lipinski definition) is 1. The Morgan fingerprint density at radius 2 is 1.88 bits per heavy atom. The summed E-state index contributed by atoms with van der Waals surface area (Å²) < 4.78 is 11.0. The average molecular weight is 333 g/mol. The van der Waals surface area contributed by atoms with Gasteiger partial charge in [-0.3, -0.25) is 9.69 Å². The molecule has 6 heteroatoms. The van der Waals surface area contributed by atoms with Gasteiger partial charge in [0.1, 0.15) is 11.5 Å². The van der Waals surface area contributed by atoms with Gasteiger partial charge in [0.05, 0.1) is 13.7 Å². The maximum atomic E-state index is 13.1. The van der Waals surface area contributed by atoms with Gasteiger partial charge in [-0.1, -0.05) is 6.92 Å². The highest BCUT2D eigenvalue weighted by molar-refractivity contribution is 5.97. The molecule has 3 rings (SSSR count). The summed E-state index contributed by atoms with van der Waals surface area (Å²) in [5, 5.41) is 9.53. The van der Waals surface area contributed by atoms with Crippen LogP contribution in [0.25, 0.3) is 0 Å². The summed E-state index contributed by atoms with van der Waals surface area (Å²) in [5.41, 5.74) is -0.336. The second kappa shape index (κ2) is 6.43. The molecule has 2 aliphatic rings. The van der Waals surface area contributed by atoms with E-state index in [1.54, 1.807) is 31.4 Å². The van der Waals surface area contributed by atoms with Crippen LogP contribution in [-0.4, -0.2) is 47.4 Å². The van der Waals surface area contributed by atoms with Gasteiger partial charge in [-0.2, -0.15) is 0 Å². The van der Waals surface area contributed by atoms with Crippen LogP contribution in [0.2, 0.25) is 0 Å². The van der Waals surface area contributed by atoms with E-state index in [9.17, 15) is 14.7 Å². The minimum atomic E-state index is -1.02. The molecule has 1 N–H and O–H groups in total. The lowest BCUT2D eigenvalue weighted by atomic mass is 9.83. The fourth-order valence-electron chi connectivity index (χ4n) is 3.64. The number of carboxylic acid groups (broad SMARTS) is 1. The number of methoxy groups -OCH3 is 1. The molecule has 1 aliphatic heterocycles. The smallest absolute Gasteiger partial charge is 0.328 e. The zero-order valence-corrected chi connectivity index (χ0v) is 14.0. The van der Waals surface area contributed by atoms with Crippen LogP contribution in [0.5, 0.6) is 5.75 Å². The molecule has 130 valence electrons. The van der Waals surface area contributed by atoms with E-state index in [1.807, 2.05) is 0 Å². The quantitative estimate of drug-likeness (QED) is 0.920. The van der Waals surface area contributed by atoms with Crippen LogP contribution in [0, 0.1) is 5.92 Å². The van der Waals surface area contributed by atoms with Crippen LogP contribution in [0.15, 0.2) is 24.3 Å². The molecule has 1 saturated carbocycles. The number of amides is 1. The second-order valence-corrected chi connectivity index (χ2v) is 6.70. The number of nitrogens with zero attached hydrogens (tertiary/aromatic N) is 1. The molecule has 1 amide bonds. The van der Waals surface area contributed by atoms with Crippen LogP contribution < -0.4 is 4.74 Å². The number of ether oxygens (including phenoxy) is 2. The van der Waals surface area contributed by atoms with Gasteiger partial charge in [-0.05, 0) is 55.9 Å². The van der Waals surface area contributed by atoms with Gasteiger partial charge < -0.3 is 14.6 Å². The van der Waals surface area contributed by atoms with E-state index in [-0.39, 0.29) is 12.5 Å². The third-order valence-electron chi connectivity index (χ3n) is 5.16. The lowest BCUT2D eigenvalue weighted by Gasteiger charge is -2.42. The highest BCUT2D eigenvalue weighted by Gasteiger charge is 2.53. The van der Waals surface area contributed by atoms with Crippen molar-refractivity contribution in [3.63, 3.8) is 0 Å². The van der Waals surface area contributed by atoms with Crippen LogP contribution in [0.1, 0.15) is 43.0 Å². The first kappa shape index (κ1) is 16.8. The second-order valence-electron chi connectivity index (χ2n) is 6.70. The number of carboxylic acids is 1. The molecule has 0 bridgehead atoms. The fourth-order valence-corrected chi connectivity index (χ4v) is 3.64. The predicted molar refractivity (Wildman–Crippen MR) is 86.9 cm³/mol. The maximum absolute atomic E-state index is 13.1. The molecule has 1 unspecified atom stereocenters. The van der Waals surface area contributed by atoms with Crippen LogP contribution in [0.3, 0.4) is 0 Å². The highest BCUT2D eigenvalue weighted by atomic mass is 16.5. The van der Waals surface area contributed by atoms with Gasteiger partial charge in [-0.25, -0.2) is 4.79 Å². The van der Waals surface area contributed by atoms with Gasteiger partial charge >= 0.3 is 5.97 Å². The standard InChI is InChI=1S/C18H23NO5/c1-12-7-9-18(10-8-12)19(15(11-24-18)17(21)22)16(20)13-3-5-14(23-2)6-4-13/h3-6,12,15H,7-11H2,1-2H3,(H,21,22). The SMILES string of the molecule is COc1ccc(C(=O)N2C(C(=O)O)COC23CCC(C)CC3)cc1. The van der Waals surface area contributed by atoms with E-state index in [1.165, 1.54) is 4.90 Å². The lowest BCUT2D eigenvalue weighted by molar-refractivity contribution is -0.143. The van der Waals surface area contributed by atoms with Crippen LogP contribution in [0.4, 0.5) is 0 Å². The van der Waals surface area contributed by atoms with Crippen molar-refractivity contribution in [1.29, 1.82) is 0 Å². The van der Waals surface area contributed by atoms with Crippen molar-refractivity contribution in [2.24, 2.45) is 5.92 Å². The van der Waals surface area contributed by atoms with E-state index < -0.39 is 17.7 Å². The van der Waals surface area contributed by atoms with E-state index in [0.29, 0.717) is 30.1 Å². The zero-order chi connectivity index (χ0) is 17.3. The van der Waals surface area contributed by atoms with Gasteiger partial charge in [0, 0.05) is 5.56 Å². The number of hydrogen-bond acceptors (Lipinski definition) is 4. The summed E-state index contributed by atoms with van der Waals surface area (Å²) in [6, 6.07) is 5.80. The Kier molecular flexibility index (Phi) is 4.49. The average Bonchev–Trinajstić information content (AvgIpc) is 2.96. The molecule has 1 aromatic rings. The molecule has 1 spiro atoms. The largest absolute Gasteiger partial charge is 0.497 e. The third-order valence-corrected chi connectivity index (χ3v) is 5.16. The Balaban J connectivity index is 1.92. The molecule has 0 radical (unpaired) electrons. The normalized spacial score (nSPS) is 29.7. The Morgan fingerprint density at radius 3 is 2.42 bits per heavy atom. The topological polar surface area (TPSA) is 76.1 Å². The molecule has 2 fully saturated rings. The number of carbonyl (C=O) groups is 2. The van der Waals surface area contributed by atoms with Gasteiger partial charge in [0.25, 0.3) is 5.91 Å². The van der Waals surface area contributed by atoms with E-state index in [0.717, 1.165) is 12.8 Å². The lowest BCUT2D eigenvalue weighted by Crippen LogP contribution is -2.55. The highest BCUT2D eigenvalue weighted by Crippen LogP contribution is 2.43. The number of aliphatic carboxylic acids is 1. The molecule has 24 heavy (non-hydrogen) atoms. The summed E-state index contributed by atoms with van der Waals surface area (Å²) in [6.45, 7) is 2.22. The van der Waals surface area contributed by atoms with Crippen molar-refractivity contribution in [1.82, 2.24) is 4.90 Å². The summed E-state index contributed by atoms with van der Waals surface area (Å²) in [5.74, 6) is -0.0919. The molecule has 6 nitrogen and oxygen atoms in total. The summed E-state index contributed by atoms with van der Waals surface area (Å²) in [4.78, 5) is 26.2. The van der Waals surface area contributed by atoms with Crippen LogP contribution in [-0.2, 0) is 9.53 Å². The summed E-state index contributed by atoms with van der Waals surface area (Å²) in [7, 11) is 1.56. The van der Waals surface area contributed by atoms with E-state index in [2.05, 4.69) is 6.92 Å². The number of rotatable bonds is 3. The van der Waals surface area contributed by atoms with E-state index >= 15 is 0 Å². The molecule has 0 aromatic heterocycles. The predicted octanol–water partition coefficient (Wildman–Crippen LogP) is 2.53. The van der Waals surface area contributed by atoms with Crippen molar-refractivity contribution in [2.75, 3.05) is 13.7 Å². The van der Waals surface area contributed by atoms with Gasteiger partial charge in [0.15, 0.2) is 6.04 Å². The maximum Gasteiger partial charge on any atom is 0.328 e. The first-order valence-corrected chi connectivity index (χ1v) is 8.31. The molecule has 1 saturated heterocycles. The van der Waals surface area contributed by atoms with Crippen molar-refractivity contribution in [3.05, 3.63) is 29.8 Å². The Hall–Kier alpha value is -2.08. The van der Waals surface area contributed by atoms with Crippen molar-refractivity contribution in [2.45, 2.75) is 44.4 Å². The minimum absolute atomic E-state index is 0.0472. The van der Waals surface area contributed by atoms with Crippen molar-refractivity contribution in [3.8, 4) is 5.75 Å². The molecule has 1 aliphatic carbocycles. The monoisotopic (exact) mass is 333 g/mol. The number of benzene rings is 1. The van der Waals surface area contributed by atoms with E-state index in [4.69, 9.17) is 9.47 Å². The number of carbonyl (C=O) groups excluding carboxylic acids is 1. The third kappa shape index (κ3) is 2.86. The first-order chi connectivity index (χ1) is 11.5. The minimum Gasteiger partial charge on any atom is -0.497 e. The zero-order valence-electron chi connectivity index (χ0n) is 14.0. The van der Waals surface area contributed by atoms with Crippen molar-refractivity contribution < 1.29 is 24.2 Å². The first-order valence-electron chi connectivity index (χ1n) is 8.31. The summed E-state index contributed by atoms with van der Waals surface area (Å²) in [6.07, 6.45) is 3.22. The summed E-state index contributed by atoms with van der Waals surface area (Å²) >= 11 is 0. The van der Waals surface area contributed by atoms with Gasteiger partial charge in [0.2, 0.25) is 0 Å². The molecule has 1 heterocycles. The molecular formula is C18H23NO5. The van der Waals surface area contributed by atoms with Crippen LogP contribution >= 0.6 is 0 Å². The molecular weight excluding hydrogens is 310 g/mol. The molecule has 1 aromatic carbocycles. The Bertz CT molecular complexity index is 619. The fraction of sp³-hybridized carbons (Fsp3) is 0.556. The van der Waals surface area contributed by atoms with Gasteiger partial charge in [-0.15, -0.1) is 0 Å². The Labute approximate surface area is 141 Å². The van der Waals surface area contributed by atoms with Crippen molar-refractivity contribution >= 4 is 11.9 Å². The molecule has 1 atom stereocenters.